The summed E-state index contributed by atoms with van der Waals surface area (Å²) in [5.74, 6) is 0.397. The van der Waals surface area contributed by atoms with Gasteiger partial charge in [0.2, 0.25) is 0 Å². The van der Waals surface area contributed by atoms with E-state index in [0.717, 1.165) is 0 Å². The van der Waals surface area contributed by atoms with Gasteiger partial charge in [0.1, 0.15) is 12.1 Å². The fourth-order valence-corrected chi connectivity index (χ4v) is 8.14. The van der Waals surface area contributed by atoms with Crippen LogP contribution in [0.15, 0.2) is 21.6 Å². The first kappa shape index (κ1) is 27.6. The average molecular weight is 593 g/mol. The van der Waals surface area contributed by atoms with Gasteiger partial charge < -0.3 is 24.4 Å². The van der Waals surface area contributed by atoms with E-state index in [0.29, 0.717) is 40.0 Å². The molecule has 0 aliphatic carbocycles. The van der Waals surface area contributed by atoms with Crippen molar-refractivity contribution >= 4 is 60.4 Å². The summed E-state index contributed by atoms with van der Waals surface area (Å²) >= 11 is 4.80. The molecule has 0 aromatic heterocycles. The second-order valence-corrected chi connectivity index (χ2v) is 13.1. The molecule has 2 amide bonds. The Labute approximate surface area is 218 Å². The van der Waals surface area contributed by atoms with Crippen LogP contribution in [0.1, 0.15) is 34.6 Å². The maximum atomic E-state index is 12.6. The number of anilines is 1. The molecule has 2 aliphatic heterocycles. The number of rotatable bonds is 7. The SMILES string of the molecule is CCOc1cc(Br)c(N2C(=NC(=O)CNC(=O)OC(C)(C)C)SC3CS(=O)(=O)CC32)cc1OCC. The lowest BCUT2D eigenvalue weighted by Gasteiger charge is -2.27. The molecule has 194 valence electrons. The van der Waals surface area contributed by atoms with Gasteiger partial charge in [0.05, 0.1) is 36.4 Å². The molecule has 2 atom stereocenters. The summed E-state index contributed by atoms with van der Waals surface area (Å²) in [5.41, 5.74) is -0.0845. The standard InChI is InChI=1S/C22H30BrN3O7S2/c1-6-31-16-8-13(23)14(9-17(16)32-7-2)26-15-11-35(29,30)12-18(15)34-20(26)25-19(27)10-24-21(28)33-22(3,4)5/h8-9,15,18H,6-7,10-12H2,1-5H3,(H,24,28). The van der Waals surface area contributed by atoms with Crippen molar-refractivity contribution in [2.24, 2.45) is 4.99 Å². The van der Waals surface area contributed by atoms with Crippen LogP contribution in [-0.2, 0) is 19.4 Å². The van der Waals surface area contributed by atoms with E-state index in [1.165, 1.54) is 11.8 Å². The summed E-state index contributed by atoms with van der Waals surface area (Å²) in [5, 5.41) is 2.48. The Balaban J connectivity index is 1.92. The summed E-state index contributed by atoms with van der Waals surface area (Å²) in [6.45, 7) is 9.39. The zero-order chi connectivity index (χ0) is 26.0. The number of carbonyl (C=O) groups excluding carboxylic acids is 2. The first-order valence-electron chi connectivity index (χ1n) is 11.2. The molecular weight excluding hydrogens is 562 g/mol. The van der Waals surface area contributed by atoms with Crippen molar-refractivity contribution in [3.05, 3.63) is 16.6 Å². The predicted octanol–water partition coefficient (Wildman–Crippen LogP) is 3.37. The Morgan fingerprint density at radius 2 is 1.80 bits per heavy atom. The highest BCUT2D eigenvalue weighted by molar-refractivity contribution is 9.10. The van der Waals surface area contributed by atoms with Crippen molar-refractivity contribution in [3.8, 4) is 11.5 Å². The molecule has 1 N–H and O–H groups in total. The van der Waals surface area contributed by atoms with Crippen molar-refractivity contribution in [1.29, 1.82) is 0 Å². The lowest BCUT2D eigenvalue weighted by atomic mass is 10.2. The number of benzene rings is 1. The number of alkyl carbamates (subject to hydrolysis) is 1. The molecule has 2 unspecified atom stereocenters. The lowest BCUT2D eigenvalue weighted by molar-refractivity contribution is -0.117. The number of nitrogens with zero attached hydrogens (tertiary/aromatic N) is 2. The Hall–Kier alpha value is -1.99. The topological polar surface area (TPSA) is 124 Å². The third-order valence-corrected chi connectivity index (χ3v) is 8.79. The number of nitrogens with one attached hydrogen (secondary N) is 1. The number of sulfone groups is 1. The van der Waals surface area contributed by atoms with E-state index in [4.69, 9.17) is 14.2 Å². The van der Waals surface area contributed by atoms with Crippen molar-refractivity contribution in [2.45, 2.75) is 51.5 Å². The smallest absolute Gasteiger partial charge is 0.408 e. The minimum atomic E-state index is -3.23. The number of carbonyl (C=O) groups is 2. The van der Waals surface area contributed by atoms with Crippen LogP contribution in [0.25, 0.3) is 0 Å². The summed E-state index contributed by atoms with van der Waals surface area (Å²) in [6.07, 6.45) is -0.722. The number of ether oxygens (including phenoxy) is 3. The molecule has 1 aromatic carbocycles. The normalized spacial score (nSPS) is 22.1. The van der Waals surface area contributed by atoms with E-state index in [-0.39, 0.29) is 23.3 Å². The molecule has 2 fully saturated rings. The van der Waals surface area contributed by atoms with Gasteiger partial charge in [-0.15, -0.1) is 0 Å². The van der Waals surface area contributed by atoms with Crippen molar-refractivity contribution in [1.82, 2.24) is 5.32 Å². The van der Waals surface area contributed by atoms with Gasteiger partial charge in [-0.2, -0.15) is 4.99 Å². The van der Waals surface area contributed by atoms with E-state index >= 15 is 0 Å². The molecule has 3 rings (SSSR count). The zero-order valence-electron chi connectivity index (χ0n) is 20.3. The largest absolute Gasteiger partial charge is 0.490 e. The predicted molar refractivity (Wildman–Crippen MR) is 139 cm³/mol. The van der Waals surface area contributed by atoms with E-state index in [1.807, 2.05) is 13.8 Å². The molecule has 13 heteroatoms. The van der Waals surface area contributed by atoms with Gasteiger partial charge in [-0.05, 0) is 50.5 Å². The molecule has 10 nitrogen and oxygen atoms in total. The first-order chi connectivity index (χ1) is 16.3. The lowest BCUT2D eigenvalue weighted by Crippen LogP contribution is -2.39. The van der Waals surface area contributed by atoms with Gasteiger partial charge in [0.25, 0.3) is 5.91 Å². The van der Waals surface area contributed by atoms with Crippen LogP contribution >= 0.6 is 27.7 Å². The van der Waals surface area contributed by atoms with Crippen LogP contribution in [0, 0.1) is 0 Å². The third-order valence-electron chi connectivity index (χ3n) is 4.94. The highest BCUT2D eigenvalue weighted by atomic mass is 79.9. The van der Waals surface area contributed by atoms with E-state index < -0.39 is 33.5 Å². The zero-order valence-corrected chi connectivity index (χ0v) is 23.5. The molecule has 2 saturated heterocycles. The van der Waals surface area contributed by atoms with Crippen molar-refractivity contribution in [2.75, 3.05) is 36.2 Å². The number of thioether (sulfide) groups is 1. The minimum absolute atomic E-state index is 0.00479. The van der Waals surface area contributed by atoms with Gasteiger partial charge in [-0.3, -0.25) is 4.79 Å². The number of amidine groups is 1. The molecule has 0 bridgehead atoms. The molecule has 1 aromatic rings. The maximum absolute atomic E-state index is 12.6. The second kappa shape index (κ2) is 11.0. The molecule has 0 radical (unpaired) electrons. The molecular formula is C22H30BrN3O7S2. The minimum Gasteiger partial charge on any atom is -0.490 e. The van der Waals surface area contributed by atoms with Gasteiger partial charge >= 0.3 is 6.09 Å². The first-order valence-corrected chi connectivity index (χ1v) is 14.7. The summed E-state index contributed by atoms with van der Waals surface area (Å²) in [7, 11) is -3.23. The van der Waals surface area contributed by atoms with Crippen LogP contribution in [0.4, 0.5) is 10.5 Å². The fraction of sp³-hybridized carbons (Fsp3) is 0.591. The average Bonchev–Trinajstić information content (AvgIpc) is 3.18. The summed E-state index contributed by atoms with van der Waals surface area (Å²) in [4.78, 5) is 30.5. The highest BCUT2D eigenvalue weighted by Gasteiger charge is 2.50. The van der Waals surface area contributed by atoms with Crippen LogP contribution < -0.4 is 19.7 Å². The monoisotopic (exact) mass is 591 g/mol. The van der Waals surface area contributed by atoms with Crippen molar-refractivity contribution in [3.63, 3.8) is 0 Å². The quantitative estimate of drug-likeness (QED) is 0.508. The second-order valence-electron chi connectivity index (χ2n) is 8.93. The number of hydrogen-bond donors (Lipinski definition) is 1. The molecule has 0 spiro atoms. The van der Waals surface area contributed by atoms with E-state index in [2.05, 4.69) is 26.2 Å². The summed E-state index contributed by atoms with van der Waals surface area (Å²) in [6, 6.07) is 3.11. The number of fused-ring (bicyclic) bond motifs is 1. The summed E-state index contributed by atoms with van der Waals surface area (Å²) < 4.78 is 42.0. The molecule has 2 aliphatic rings. The van der Waals surface area contributed by atoms with Crippen molar-refractivity contribution < 1.29 is 32.2 Å². The number of amides is 2. The van der Waals surface area contributed by atoms with Gasteiger partial charge in [-0.1, -0.05) is 11.8 Å². The number of aliphatic imine (C=N–C) groups is 1. The van der Waals surface area contributed by atoms with Gasteiger partial charge in [0.15, 0.2) is 26.5 Å². The Kier molecular flexibility index (Phi) is 8.64. The van der Waals surface area contributed by atoms with Crippen LogP contribution in [0.3, 0.4) is 0 Å². The van der Waals surface area contributed by atoms with Gasteiger partial charge in [0, 0.05) is 21.9 Å². The third kappa shape index (κ3) is 7.04. The van der Waals surface area contributed by atoms with E-state index in [9.17, 15) is 18.0 Å². The Morgan fingerprint density at radius 3 is 2.40 bits per heavy atom. The van der Waals surface area contributed by atoms with Crippen LogP contribution in [-0.4, -0.2) is 73.7 Å². The maximum Gasteiger partial charge on any atom is 0.408 e. The number of hydrogen-bond acceptors (Lipinski definition) is 8. The Bertz CT molecular complexity index is 1120. The molecule has 35 heavy (non-hydrogen) atoms. The fourth-order valence-electron chi connectivity index (χ4n) is 3.70. The van der Waals surface area contributed by atoms with E-state index in [1.54, 1.807) is 37.8 Å². The van der Waals surface area contributed by atoms with Crippen LogP contribution in [0.2, 0.25) is 0 Å². The molecule has 2 heterocycles. The van der Waals surface area contributed by atoms with Crippen LogP contribution in [0.5, 0.6) is 11.5 Å². The number of halogens is 1. The van der Waals surface area contributed by atoms with Gasteiger partial charge in [-0.25, -0.2) is 13.2 Å². The highest BCUT2D eigenvalue weighted by Crippen LogP contribution is 2.46. The molecule has 0 saturated carbocycles. The Morgan fingerprint density at radius 1 is 1.17 bits per heavy atom.